The number of nitrogens with one attached hydrogen (secondary N) is 1. The Bertz CT molecular complexity index is 426. The Morgan fingerprint density at radius 1 is 1.12 bits per heavy atom. The lowest BCUT2D eigenvalue weighted by molar-refractivity contribution is -0.126. The first-order valence-corrected chi connectivity index (χ1v) is 9.95. The average Bonchev–Trinajstić information content (AvgIpc) is 3.12. The van der Waals surface area contributed by atoms with Gasteiger partial charge in [-0.15, -0.1) is 0 Å². The third-order valence-electron chi connectivity index (χ3n) is 6.35. The summed E-state index contributed by atoms with van der Waals surface area (Å²) in [7, 11) is 1.91. The highest BCUT2D eigenvalue weighted by Gasteiger charge is 2.57. The molecule has 3 rings (SSSR count). The van der Waals surface area contributed by atoms with Crippen LogP contribution in [0.1, 0.15) is 58.8 Å². The fourth-order valence-electron chi connectivity index (χ4n) is 5.01. The zero-order chi connectivity index (χ0) is 17.0. The maximum atomic E-state index is 6.04. The second-order valence-electron chi connectivity index (χ2n) is 7.51. The monoisotopic (exact) mass is 337 g/mol. The van der Waals surface area contributed by atoms with Crippen LogP contribution in [-0.4, -0.2) is 62.5 Å². The fraction of sp³-hybridized carbons (Fsp3) is 0.947. The Morgan fingerprint density at radius 3 is 2.38 bits per heavy atom. The molecule has 2 saturated carbocycles. The topological polar surface area (TPSA) is 46.1 Å². The van der Waals surface area contributed by atoms with E-state index in [0.717, 1.165) is 51.5 Å². The first-order valence-electron chi connectivity index (χ1n) is 9.95. The highest BCUT2D eigenvalue weighted by Crippen LogP contribution is 2.54. The summed E-state index contributed by atoms with van der Waals surface area (Å²) in [6, 6.07) is 0.528. The minimum atomic E-state index is 0.357. The van der Waals surface area contributed by atoms with Gasteiger partial charge in [-0.05, 0) is 46.0 Å². The molecule has 0 aromatic heterocycles. The van der Waals surface area contributed by atoms with Gasteiger partial charge in [0.1, 0.15) is 0 Å². The summed E-state index contributed by atoms with van der Waals surface area (Å²) in [4.78, 5) is 6.99. The third kappa shape index (κ3) is 3.43. The summed E-state index contributed by atoms with van der Waals surface area (Å²) < 4.78 is 11.8. The normalized spacial score (nSPS) is 30.6. The van der Waals surface area contributed by atoms with Gasteiger partial charge in [-0.25, -0.2) is 0 Å². The maximum Gasteiger partial charge on any atom is 0.193 e. The molecule has 2 unspecified atom stereocenters. The van der Waals surface area contributed by atoms with Crippen LogP contribution in [0.5, 0.6) is 0 Å². The van der Waals surface area contributed by atoms with Crippen LogP contribution in [0.4, 0.5) is 0 Å². The van der Waals surface area contributed by atoms with Gasteiger partial charge in [-0.2, -0.15) is 0 Å². The highest BCUT2D eigenvalue weighted by atomic mass is 16.5. The van der Waals surface area contributed by atoms with Crippen molar-refractivity contribution in [1.29, 1.82) is 0 Å². The van der Waals surface area contributed by atoms with E-state index in [0.29, 0.717) is 23.7 Å². The van der Waals surface area contributed by atoms with Gasteiger partial charge in [-0.3, -0.25) is 4.99 Å². The van der Waals surface area contributed by atoms with E-state index in [2.05, 4.69) is 29.1 Å². The van der Waals surface area contributed by atoms with Crippen LogP contribution in [0.15, 0.2) is 4.99 Å². The number of aliphatic imine (C=N–C) groups is 1. The SMILES string of the molecule is CCOC1CCN(C(=NC)NC2CC(OCC)C23CCCC3)CC1. The van der Waals surface area contributed by atoms with Crippen molar-refractivity contribution in [2.45, 2.75) is 77.0 Å². The van der Waals surface area contributed by atoms with Gasteiger partial charge >= 0.3 is 0 Å². The summed E-state index contributed by atoms with van der Waals surface area (Å²) in [6.45, 7) is 7.93. The fourth-order valence-corrected chi connectivity index (χ4v) is 5.01. The average molecular weight is 338 g/mol. The zero-order valence-electron chi connectivity index (χ0n) is 15.7. The van der Waals surface area contributed by atoms with E-state index in [4.69, 9.17) is 9.47 Å². The molecule has 2 atom stereocenters. The predicted octanol–water partition coefficient (Wildman–Crippen LogP) is 2.80. The van der Waals surface area contributed by atoms with Crippen LogP contribution in [0, 0.1) is 5.41 Å². The Balaban J connectivity index is 1.56. The van der Waals surface area contributed by atoms with Crippen molar-refractivity contribution in [1.82, 2.24) is 10.2 Å². The molecular weight excluding hydrogens is 302 g/mol. The van der Waals surface area contributed by atoms with E-state index < -0.39 is 0 Å². The Morgan fingerprint density at radius 2 is 1.79 bits per heavy atom. The predicted molar refractivity (Wildman–Crippen MR) is 97.4 cm³/mol. The molecule has 1 spiro atoms. The van der Waals surface area contributed by atoms with E-state index in [1.54, 1.807) is 0 Å². The molecule has 1 N–H and O–H groups in total. The van der Waals surface area contributed by atoms with Crippen LogP contribution in [-0.2, 0) is 9.47 Å². The molecule has 0 amide bonds. The molecule has 3 fully saturated rings. The van der Waals surface area contributed by atoms with Gasteiger partial charge in [0.05, 0.1) is 12.2 Å². The molecule has 5 nitrogen and oxygen atoms in total. The number of hydrogen-bond acceptors (Lipinski definition) is 3. The Hall–Kier alpha value is -0.810. The van der Waals surface area contributed by atoms with Gasteiger partial charge in [0.15, 0.2) is 5.96 Å². The van der Waals surface area contributed by atoms with Crippen LogP contribution in [0.25, 0.3) is 0 Å². The van der Waals surface area contributed by atoms with Crippen LogP contribution >= 0.6 is 0 Å². The van der Waals surface area contributed by atoms with E-state index in [-0.39, 0.29) is 0 Å². The number of ether oxygens (including phenoxy) is 2. The van der Waals surface area contributed by atoms with Crippen LogP contribution in [0.3, 0.4) is 0 Å². The molecule has 0 aromatic carbocycles. The number of guanidine groups is 1. The molecule has 24 heavy (non-hydrogen) atoms. The van der Waals surface area contributed by atoms with E-state index in [9.17, 15) is 0 Å². The molecule has 138 valence electrons. The smallest absolute Gasteiger partial charge is 0.193 e. The summed E-state index contributed by atoms with van der Waals surface area (Å²) >= 11 is 0. The van der Waals surface area contributed by atoms with Gasteiger partial charge in [0.25, 0.3) is 0 Å². The van der Waals surface area contributed by atoms with Crippen molar-refractivity contribution in [2.75, 3.05) is 33.4 Å². The van der Waals surface area contributed by atoms with Crippen LogP contribution < -0.4 is 5.32 Å². The number of nitrogens with zero attached hydrogens (tertiary/aromatic N) is 2. The Kier molecular flexibility index (Phi) is 6.03. The van der Waals surface area contributed by atoms with Crippen molar-refractivity contribution in [2.24, 2.45) is 10.4 Å². The second kappa shape index (κ2) is 8.05. The van der Waals surface area contributed by atoms with E-state index >= 15 is 0 Å². The first-order chi connectivity index (χ1) is 11.7. The number of piperidine rings is 1. The van der Waals surface area contributed by atoms with Crippen molar-refractivity contribution >= 4 is 5.96 Å². The van der Waals surface area contributed by atoms with Gasteiger partial charge < -0.3 is 19.7 Å². The standard InChI is InChI=1S/C19H35N3O2/c1-4-23-15-8-12-22(13-9-15)18(20-3)21-16-14-17(24-5-2)19(16)10-6-7-11-19/h15-17H,4-14H2,1-3H3,(H,20,21). The third-order valence-corrected chi connectivity index (χ3v) is 6.35. The lowest BCUT2D eigenvalue weighted by Gasteiger charge is -2.55. The largest absolute Gasteiger partial charge is 0.378 e. The second-order valence-corrected chi connectivity index (χ2v) is 7.51. The van der Waals surface area contributed by atoms with Crippen molar-refractivity contribution < 1.29 is 9.47 Å². The molecule has 5 heteroatoms. The number of rotatable bonds is 5. The molecule has 1 heterocycles. The minimum Gasteiger partial charge on any atom is -0.378 e. The lowest BCUT2D eigenvalue weighted by Crippen LogP contribution is -2.65. The molecule has 1 saturated heterocycles. The summed E-state index contributed by atoms with van der Waals surface area (Å²) in [5.74, 6) is 1.08. The van der Waals surface area contributed by atoms with Crippen molar-refractivity contribution in [3.8, 4) is 0 Å². The summed E-state index contributed by atoms with van der Waals surface area (Å²) in [6.07, 6.45) is 9.51. The lowest BCUT2D eigenvalue weighted by atomic mass is 9.60. The first kappa shape index (κ1) is 18.0. The molecular formula is C19H35N3O2. The molecule has 2 aliphatic carbocycles. The molecule has 3 aliphatic rings. The van der Waals surface area contributed by atoms with E-state index in [1.165, 1.54) is 25.7 Å². The maximum absolute atomic E-state index is 6.04. The van der Waals surface area contributed by atoms with Crippen molar-refractivity contribution in [3.63, 3.8) is 0 Å². The molecule has 0 radical (unpaired) electrons. The molecule has 0 aromatic rings. The van der Waals surface area contributed by atoms with Crippen molar-refractivity contribution in [3.05, 3.63) is 0 Å². The van der Waals surface area contributed by atoms with E-state index in [1.807, 2.05) is 7.05 Å². The number of hydrogen-bond donors (Lipinski definition) is 1. The quantitative estimate of drug-likeness (QED) is 0.619. The summed E-state index contributed by atoms with van der Waals surface area (Å²) in [5, 5.41) is 3.80. The zero-order valence-corrected chi connectivity index (χ0v) is 15.7. The Labute approximate surface area is 147 Å². The minimum absolute atomic E-state index is 0.357. The number of likely N-dealkylation sites (tertiary alicyclic amines) is 1. The molecule has 0 bridgehead atoms. The van der Waals surface area contributed by atoms with Gasteiger partial charge in [0.2, 0.25) is 0 Å². The van der Waals surface area contributed by atoms with Crippen LogP contribution in [0.2, 0.25) is 0 Å². The highest BCUT2D eigenvalue weighted by molar-refractivity contribution is 5.80. The van der Waals surface area contributed by atoms with Gasteiger partial charge in [-0.1, -0.05) is 12.8 Å². The summed E-state index contributed by atoms with van der Waals surface area (Å²) in [5.41, 5.74) is 0.357. The van der Waals surface area contributed by atoms with Gasteiger partial charge in [0, 0.05) is 44.8 Å². The molecule has 1 aliphatic heterocycles.